The van der Waals surface area contributed by atoms with Gasteiger partial charge in [-0.05, 0) is 37.6 Å². The number of alkyl halides is 1. The van der Waals surface area contributed by atoms with Gasteiger partial charge in [-0.3, -0.25) is 9.29 Å². The first-order valence-electron chi connectivity index (χ1n) is 6.18. The number of rotatable bonds is 4. The minimum Gasteiger partial charge on any atom is -0.296 e. The minimum absolute atomic E-state index is 0.137. The highest BCUT2D eigenvalue weighted by Gasteiger charge is 2.29. The average Bonchev–Trinajstić information content (AvgIpc) is 2.80. The molecule has 1 aromatic carbocycles. The number of benzene rings is 1. The van der Waals surface area contributed by atoms with Crippen molar-refractivity contribution in [3.8, 4) is 0 Å². The van der Waals surface area contributed by atoms with Crippen LogP contribution in [0.25, 0.3) is 0 Å². The fourth-order valence-electron chi connectivity index (χ4n) is 2.53. The van der Waals surface area contributed by atoms with Crippen LogP contribution in [-0.2, 0) is 0 Å². The lowest BCUT2D eigenvalue weighted by molar-refractivity contribution is 0.252. The fraction of sp³-hybridized carbons (Fsp3) is 0.500. The highest BCUT2D eigenvalue weighted by atomic mass is 19.1. The van der Waals surface area contributed by atoms with Gasteiger partial charge in [0.25, 0.3) is 0 Å². The zero-order valence-electron chi connectivity index (χ0n) is 10.4. The highest BCUT2D eigenvalue weighted by molar-refractivity contribution is 5.23. The average molecular weight is 256 g/mol. The van der Waals surface area contributed by atoms with Crippen LogP contribution in [0.5, 0.6) is 0 Å². The summed E-state index contributed by atoms with van der Waals surface area (Å²) in [6.45, 7) is 2.60. The Morgan fingerprint density at radius 2 is 2.17 bits per heavy atom. The molecular formula is C14H17F3N. The Balaban J connectivity index is 2.17. The van der Waals surface area contributed by atoms with Crippen LogP contribution in [0, 0.1) is 17.6 Å². The molecule has 0 aliphatic carbocycles. The number of nitrogens with zero attached hydrogens (tertiary/aromatic N) is 1. The summed E-state index contributed by atoms with van der Waals surface area (Å²) in [6.07, 6.45) is 1.72. The number of hydrogen-bond donors (Lipinski definition) is 0. The van der Waals surface area contributed by atoms with E-state index < -0.39 is 12.5 Å². The van der Waals surface area contributed by atoms with E-state index >= 15 is 0 Å². The number of hydrogen-bond acceptors (Lipinski definition) is 1. The minimum atomic E-state index is -0.463. The molecular weight excluding hydrogens is 239 g/mol. The van der Waals surface area contributed by atoms with E-state index in [-0.39, 0.29) is 11.9 Å². The van der Waals surface area contributed by atoms with Crippen molar-refractivity contribution in [2.24, 2.45) is 0 Å². The predicted octanol–water partition coefficient (Wildman–Crippen LogP) is 3.67. The molecule has 0 amide bonds. The van der Waals surface area contributed by atoms with Gasteiger partial charge in [0.2, 0.25) is 0 Å². The van der Waals surface area contributed by atoms with Crippen LogP contribution in [0.2, 0.25) is 0 Å². The molecule has 4 heteroatoms. The van der Waals surface area contributed by atoms with Crippen LogP contribution in [0.15, 0.2) is 18.2 Å². The van der Waals surface area contributed by atoms with Gasteiger partial charge in [0, 0.05) is 24.1 Å². The molecule has 1 aromatic rings. The van der Waals surface area contributed by atoms with E-state index in [4.69, 9.17) is 0 Å². The lowest BCUT2D eigenvalue weighted by atomic mass is 10.0. The molecule has 1 aliphatic rings. The standard InChI is InChI=1S/C14H17F3N/c1-10(8-15)9-18-6-2-3-14(18)12-7-11(16)4-5-13(12)17/h4-5,7,14H,2-3,6,8-9H2,1H3/t14-/m1/s1. The largest absolute Gasteiger partial charge is 0.296 e. The lowest BCUT2D eigenvalue weighted by Gasteiger charge is -2.26. The topological polar surface area (TPSA) is 3.24 Å². The van der Waals surface area contributed by atoms with E-state index in [1.807, 2.05) is 4.90 Å². The van der Waals surface area contributed by atoms with Gasteiger partial charge >= 0.3 is 0 Å². The Morgan fingerprint density at radius 3 is 2.89 bits per heavy atom. The Hall–Kier alpha value is -1.03. The third-order valence-corrected chi connectivity index (χ3v) is 3.38. The summed E-state index contributed by atoms with van der Waals surface area (Å²) in [5.74, 6) is -0.0886. The smallest absolute Gasteiger partial charge is 0.128 e. The fourth-order valence-corrected chi connectivity index (χ4v) is 2.53. The zero-order valence-corrected chi connectivity index (χ0v) is 10.4. The third kappa shape index (κ3) is 2.86. The van der Waals surface area contributed by atoms with Crippen LogP contribution in [0.4, 0.5) is 13.2 Å². The van der Waals surface area contributed by atoms with Crippen LogP contribution < -0.4 is 0 Å². The summed E-state index contributed by atoms with van der Waals surface area (Å²) < 4.78 is 39.5. The molecule has 1 saturated heterocycles. The van der Waals surface area contributed by atoms with E-state index in [2.05, 4.69) is 0 Å². The first-order valence-corrected chi connectivity index (χ1v) is 6.18. The molecule has 1 nitrogen and oxygen atoms in total. The monoisotopic (exact) mass is 256 g/mol. The normalized spacial score (nSPS) is 20.8. The molecule has 0 unspecified atom stereocenters. The molecule has 1 fully saturated rings. The molecule has 0 spiro atoms. The second kappa shape index (κ2) is 5.74. The maximum Gasteiger partial charge on any atom is 0.128 e. The second-order valence-corrected chi connectivity index (χ2v) is 4.89. The van der Waals surface area contributed by atoms with Crippen LogP contribution in [0.1, 0.15) is 31.4 Å². The summed E-state index contributed by atoms with van der Waals surface area (Å²) >= 11 is 0. The Kier molecular flexibility index (Phi) is 4.27. The van der Waals surface area contributed by atoms with Crippen molar-refractivity contribution in [1.29, 1.82) is 0 Å². The lowest BCUT2D eigenvalue weighted by Crippen LogP contribution is -2.28. The number of likely N-dealkylation sites (tertiary alicyclic amines) is 1. The SMILES string of the molecule is C[C](CF)CN1CCC[C@@H]1c1cc(F)ccc1F. The van der Waals surface area contributed by atoms with Gasteiger partial charge < -0.3 is 0 Å². The second-order valence-electron chi connectivity index (χ2n) is 4.89. The van der Waals surface area contributed by atoms with E-state index in [1.165, 1.54) is 6.07 Å². The van der Waals surface area contributed by atoms with Crippen molar-refractivity contribution in [1.82, 2.24) is 4.90 Å². The number of halogens is 3. The molecule has 1 atom stereocenters. The molecule has 0 saturated carbocycles. The van der Waals surface area contributed by atoms with Gasteiger partial charge in [-0.25, -0.2) is 8.78 Å². The van der Waals surface area contributed by atoms with Gasteiger partial charge in [0.05, 0.1) is 6.67 Å². The summed E-state index contributed by atoms with van der Waals surface area (Å²) in [4.78, 5) is 2.02. The van der Waals surface area contributed by atoms with E-state index in [9.17, 15) is 13.2 Å². The quantitative estimate of drug-likeness (QED) is 0.794. The van der Waals surface area contributed by atoms with Gasteiger partial charge in [-0.2, -0.15) is 0 Å². The summed E-state index contributed by atoms with van der Waals surface area (Å²) in [6, 6.07) is 3.40. The molecule has 1 aliphatic heterocycles. The van der Waals surface area contributed by atoms with E-state index in [1.54, 1.807) is 6.92 Å². The first kappa shape index (κ1) is 13.4. The van der Waals surface area contributed by atoms with Crippen LogP contribution >= 0.6 is 0 Å². The Bertz CT molecular complexity index is 408. The van der Waals surface area contributed by atoms with Gasteiger partial charge in [0.1, 0.15) is 11.6 Å². The zero-order chi connectivity index (χ0) is 13.1. The third-order valence-electron chi connectivity index (χ3n) is 3.38. The van der Waals surface area contributed by atoms with Gasteiger partial charge in [-0.1, -0.05) is 6.92 Å². The molecule has 0 bridgehead atoms. The summed E-state index contributed by atoms with van der Waals surface area (Å²) in [5.41, 5.74) is 0.388. The maximum atomic E-state index is 13.7. The Morgan fingerprint density at radius 1 is 1.39 bits per heavy atom. The van der Waals surface area contributed by atoms with Crippen molar-refractivity contribution < 1.29 is 13.2 Å². The molecule has 0 N–H and O–H groups in total. The van der Waals surface area contributed by atoms with Gasteiger partial charge in [0.15, 0.2) is 0 Å². The van der Waals surface area contributed by atoms with E-state index in [0.29, 0.717) is 12.1 Å². The van der Waals surface area contributed by atoms with Gasteiger partial charge in [-0.15, -0.1) is 0 Å². The van der Waals surface area contributed by atoms with Crippen molar-refractivity contribution >= 4 is 0 Å². The van der Waals surface area contributed by atoms with E-state index in [0.717, 1.165) is 37.4 Å². The molecule has 2 rings (SSSR count). The maximum absolute atomic E-state index is 13.7. The summed E-state index contributed by atoms with van der Waals surface area (Å²) in [7, 11) is 0. The van der Waals surface area contributed by atoms with Crippen molar-refractivity contribution in [2.75, 3.05) is 19.8 Å². The van der Waals surface area contributed by atoms with Crippen molar-refractivity contribution in [2.45, 2.75) is 25.8 Å². The molecule has 1 heterocycles. The molecule has 0 aromatic heterocycles. The summed E-state index contributed by atoms with van der Waals surface area (Å²) in [5, 5.41) is 0. The van der Waals surface area contributed by atoms with Crippen molar-refractivity contribution in [3.63, 3.8) is 0 Å². The highest BCUT2D eigenvalue weighted by Crippen LogP contribution is 2.34. The van der Waals surface area contributed by atoms with Crippen LogP contribution in [0.3, 0.4) is 0 Å². The Labute approximate surface area is 106 Å². The predicted molar refractivity (Wildman–Crippen MR) is 64.8 cm³/mol. The molecule has 1 radical (unpaired) electrons. The molecule has 18 heavy (non-hydrogen) atoms. The van der Waals surface area contributed by atoms with Crippen molar-refractivity contribution in [3.05, 3.63) is 41.3 Å². The van der Waals surface area contributed by atoms with Crippen LogP contribution in [-0.4, -0.2) is 24.7 Å². The first-order chi connectivity index (χ1) is 8.61. The molecule has 99 valence electrons.